The number of nitrogens with one attached hydrogen (secondary N) is 1. The molecular weight excluding hydrogens is 270 g/mol. The molecule has 6 heteroatoms. The first-order valence-electron chi connectivity index (χ1n) is 6.30. The van der Waals surface area contributed by atoms with Crippen LogP contribution in [0.1, 0.15) is 30.6 Å². The molecule has 18 heavy (non-hydrogen) atoms. The van der Waals surface area contributed by atoms with Crippen LogP contribution in [0.3, 0.4) is 0 Å². The maximum absolute atomic E-state index is 12.2. The lowest BCUT2D eigenvalue weighted by Crippen LogP contribution is -2.38. The monoisotopic (exact) mass is 287 g/mol. The van der Waals surface area contributed by atoms with E-state index in [1.807, 2.05) is 0 Å². The number of thiophene rings is 1. The standard InChI is InChI=1S/C12H17NO3S2/c14-7-10-3-4-12(17-10)18(15,16)13-11-6-8-1-2-9(11)5-8/h3-4,8-9,11,13-14H,1-2,5-7H2. The summed E-state index contributed by atoms with van der Waals surface area (Å²) in [7, 11) is -3.40. The van der Waals surface area contributed by atoms with Crippen LogP contribution in [0.5, 0.6) is 0 Å². The zero-order valence-corrected chi connectivity index (χ0v) is 11.6. The van der Waals surface area contributed by atoms with Crippen LogP contribution in [0.15, 0.2) is 16.3 Å². The minimum Gasteiger partial charge on any atom is -0.391 e. The first-order valence-corrected chi connectivity index (χ1v) is 8.60. The lowest BCUT2D eigenvalue weighted by molar-refractivity contribution is 0.285. The molecule has 0 aromatic carbocycles. The van der Waals surface area contributed by atoms with E-state index in [-0.39, 0.29) is 12.6 Å². The second kappa shape index (κ2) is 4.59. The van der Waals surface area contributed by atoms with Gasteiger partial charge in [0, 0.05) is 10.9 Å². The summed E-state index contributed by atoms with van der Waals surface area (Å²) in [6, 6.07) is 3.36. The zero-order chi connectivity index (χ0) is 12.8. The highest BCUT2D eigenvalue weighted by molar-refractivity contribution is 7.91. The molecule has 2 aliphatic rings. The minimum atomic E-state index is -3.40. The Morgan fingerprint density at radius 2 is 2.17 bits per heavy atom. The number of rotatable bonds is 4. The van der Waals surface area contributed by atoms with Gasteiger partial charge in [0.2, 0.25) is 10.0 Å². The molecule has 0 saturated heterocycles. The Balaban J connectivity index is 1.75. The molecule has 2 N–H and O–H groups in total. The van der Waals surface area contributed by atoms with Gasteiger partial charge in [-0.1, -0.05) is 6.42 Å². The van der Waals surface area contributed by atoms with Crippen LogP contribution in [0.4, 0.5) is 0 Å². The van der Waals surface area contributed by atoms with Gasteiger partial charge < -0.3 is 5.11 Å². The van der Waals surface area contributed by atoms with E-state index in [1.54, 1.807) is 12.1 Å². The summed E-state index contributed by atoms with van der Waals surface area (Å²) in [6.07, 6.45) is 4.59. The molecule has 100 valence electrons. The summed E-state index contributed by atoms with van der Waals surface area (Å²) in [5.74, 6) is 1.25. The minimum absolute atomic E-state index is 0.103. The van der Waals surface area contributed by atoms with Crippen molar-refractivity contribution in [3.05, 3.63) is 17.0 Å². The molecule has 0 radical (unpaired) electrons. The molecule has 4 nitrogen and oxygen atoms in total. The maximum atomic E-state index is 12.2. The molecule has 2 saturated carbocycles. The van der Waals surface area contributed by atoms with Crippen molar-refractivity contribution >= 4 is 21.4 Å². The van der Waals surface area contributed by atoms with Gasteiger partial charge in [-0.3, -0.25) is 0 Å². The molecule has 0 amide bonds. The number of sulfonamides is 1. The Morgan fingerprint density at radius 3 is 2.72 bits per heavy atom. The molecule has 2 fully saturated rings. The summed E-state index contributed by atoms with van der Waals surface area (Å²) >= 11 is 1.14. The van der Waals surface area contributed by atoms with E-state index >= 15 is 0 Å². The molecule has 3 atom stereocenters. The number of aliphatic hydroxyl groups is 1. The predicted molar refractivity (Wildman–Crippen MR) is 69.8 cm³/mol. The Bertz CT molecular complexity index is 537. The average molecular weight is 287 g/mol. The molecule has 3 rings (SSSR count). The summed E-state index contributed by atoms with van der Waals surface area (Å²) in [5, 5.41) is 8.98. The smallest absolute Gasteiger partial charge is 0.250 e. The number of hydrogen-bond donors (Lipinski definition) is 2. The van der Waals surface area contributed by atoms with Crippen molar-refractivity contribution in [1.82, 2.24) is 4.72 Å². The third-order valence-corrected chi connectivity index (χ3v) is 7.15. The normalized spacial score (nSPS) is 31.1. The van der Waals surface area contributed by atoms with Gasteiger partial charge in [-0.05, 0) is 43.2 Å². The summed E-state index contributed by atoms with van der Waals surface area (Å²) in [5.41, 5.74) is 0. The second-order valence-electron chi connectivity index (χ2n) is 5.28. The van der Waals surface area contributed by atoms with E-state index < -0.39 is 10.0 Å². The number of fused-ring (bicyclic) bond motifs is 2. The van der Waals surface area contributed by atoms with Crippen LogP contribution >= 0.6 is 11.3 Å². The van der Waals surface area contributed by atoms with Gasteiger partial charge in [-0.25, -0.2) is 13.1 Å². The lowest BCUT2D eigenvalue weighted by Gasteiger charge is -2.22. The van der Waals surface area contributed by atoms with Gasteiger partial charge in [0.1, 0.15) is 4.21 Å². The van der Waals surface area contributed by atoms with Crippen LogP contribution in [-0.4, -0.2) is 19.6 Å². The molecule has 1 aromatic rings. The molecule has 2 bridgehead atoms. The second-order valence-corrected chi connectivity index (χ2v) is 8.39. The van der Waals surface area contributed by atoms with Crippen LogP contribution in [0.25, 0.3) is 0 Å². The van der Waals surface area contributed by atoms with E-state index in [0.29, 0.717) is 15.0 Å². The molecule has 1 aromatic heterocycles. The third-order valence-electron chi connectivity index (χ3n) is 4.10. The quantitative estimate of drug-likeness (QED) is 0.886. The van der Waals surface area contributed by atoms with E-state index in [4.69, 9.17) is 5.11 Å². The third kappa shape index (κ3) is 2.22. The van der Waals surface area contributed by atoms with Gasteiger partial charge in [-0.15, -0.1) is 11.3 Å². The summed E-state index contributed by atoms with van der Waals surface area (Å²) in [6.45, 7) is -0.103. The molecule has 3 unspecified atom stereocenters. The lowest BCUT2D eigenvalue weighted by atomic mass is 9.96. The zero-order valence-electron chi connectivity index (χ0n) is 10.0. The number of aliphatic hydroxyl groups excluding tert-OH is 1. The topological polar surface area (TPSA) is 66.4 Å². The van der Waals surface area contributed by atoms with Crippen molar-refractivity contribution in [2.45, 2.75) is 42.5 Å². The van der Waals surface area contributed by atoms with Gasteiger partial charge in [0.05, 0.1) is 6.61 Å². The Hall–Kier alpha value is -0.430. The highest BCUT2D eigenvalue weighted by Gasteiger charge is 2.41. The van der Waals surface area contributed by atoms with E-state index in [9.17, 15) is 8.42 Å². The highest BCUT2D eigenvalue weighted by atomic mass is 32.2. The number of hydrogen-bond acceptors (Lipinski definition) is 4. The average Bonchev–Trinajstić information content (AvgIpc) is 3.04. The van der Waals surface area contributed by atoms with Gasteiger partial charge in [0.25, 0.3) is 0 Å². The fourth-order valence-corrected chi connectivity index (χ4v) is 5.78. The fourth-order valence-electron chi connectivity index (χ4n) is 3.23. The highest BCUT2D eigenvalue weighted by Crippen LogP contribution is 2.44. The SMILES string of the molecule is O=S(=O)(NC1CC2CCC1C2)c1ccc(CO)s1. The summed E-state index contributed by atoms with van der Waals surface area (Å²) in [4.78, 5) is 0.684. The van der Waals surface area contributed by atoms with E-state index in [2.05, 4.69) is 4.72 Å². The molecule has 2 aliphatic carbocycles. The van der Waals surface area contributed by atoms with E-state index in [1.165, 1.54) is 12.8 Å². The van der Waals surface area contributed by atoms with Gasteiger partial charge in [-0.2, -0.15) is 0 Å². The largest absolute Gasteiger partial charge is 0.391 e. The first-order chi connectivity index (χ1) is 8.58. The van der Waals surface area contributed by atoms with Crippen LogP contribution in [-0.2, 0) is 16.6 Å². The molecule has 1 heterocycles. The fraction of sp³-hybridized carbons (Fsp3) is 0.667. The van der Waals surface area contributed by atoms with Gasteiger partial charge in [0.15, 0.2) is 0 Å². The van der Waals surface area contributed by atoms with Crippen molar-refractivity contribution in [2.75, 3.05) is 0 Å². The van der Waals surface area contributed by atoms with Crippen LogP contribution < -0.4 is 4.72 Å². The maximum Gasteiger partial charge on any atom is 0.250 e. The Kier molecular flexibility index (Phi) is 3.21. The van der Waals surface area contributed by atoms with Crippen molar-refractivity contribution in [3.8, 4) is 0 Å². The van der Waals surface area contributed by atoms with Gasteiger partial charge >= 0.3 is 0 Å². The first kappa shape index (κ1) is 12.6. The Morgan fingerprint density at radius 1 is 1.33 bits per heavy atom. The van der Waals surface area contributed by atoms with Crippen LogP contribution in [0, 0.1) is 11.8 Å². The molecular formula is C12H17NO3S2. The molecule has 0 aliphatic heterocycles. The Labute approximate surface area is 111 Å². The predicted octanol–water partition coefficient (Wildman–Crippen LogP) is 1.71. The summed E-state index contributed by atoms with van der Waals surface area (Å²) < 4.78 is 27.6. The molecule has 0 spiro atoms. The van der Waals surface area contributed by atoms with Crippen molar-refractivity contribution in [2.24, 2.45) is 11.8 Å². The van der Waals surface area contributed by atoms with E-state index in [0.717, 1.165) is 30.1 Å². The van der Waals surface area contributed by atoms with Crippen LogP contribution in [0.2, 0.25) is 0 Å². The van der Waals surface area contributed by atoms with Crippen molar-refractivity contribution < 1.29 is 13.5 Å². The van der Waals surface area contributed by atoms with Crippen molar-refractivity contribution in [1.29, 1.82) is 0 Å². The van der Waals surface area contributed by atoms with Crippen molar-refractivity contribution in [3.63, 3.8) is 0 Å².